The summed E-state index contributed by atoms with van der Waals surface area (Å²) in [4.78, 5) is 14.5. The average molecular weight is 639 g/mol. The fraction of sp³-hybridized carbons (Fsp3) is 0.683. The smallest absolute Gasteiger partial charge is 0.176 e. The molecule has 2 aromatic rings. The Labute approximate surface area is 282 Å². The Balaban J connectivity index is 2.64. The first-order valence-corrected chi connectivity index (χ1v) is 18.8. The van der Waals surface area contributed by atoms with Crippen molar-refractivity contribution >= 4 is 5.78 Å². The number of ether oxygens (including phenoxy) is 4. The lowest BCUT2D eigenvalue weighted by atomic mass is 9.98. The molecule has 46 heavy (non-hydrogen) atoms. The molecule has 0 bridgehead atoms. The summed E-state index contributed by atoms with van der Waals surface area (Å²) in [7, 11) is 0. The number of carbonyl (C=O) groups excluding carboxylic acids is 1. The predicted octanol–water partition coefficient (Wildman–Crippen LogP) is 11.9. The first-order chi connectivity index (χ1) is 22.3. The van der Waals surface area contributed by atoms with E-state index in [2.05, 4.69) is 80.5 Å². The fourth-order valence-electron chi connectivity index (χ4n) is 6.03. The van der Waals surface area contributed by atoms with Gasteiger partial charge in [0.2, 0.25) is 0 Å². The van der Waals surface area contributed by atoms with Crippen LogP contribution in [-0.2, 0) is 12.8 Å². The summed E-state index contributed by atoms with van der Waals surface area (Å²) >= 11 is 0. The summed E-state index contributed by atoms with van der Waals surface area (Å²) in [6.45, 7) is 19.5. The van der Waals surface area contributed by atoms with Gasteiger partial charge >= 0.3 is 0 Å². The lowest BCUT2D eigenvalue weighted by molar-refractivity contribution is 0.0956. The van der Waals surface area contributed by atoms with Gasteiger partial charge in [-0.05, 0) is 93.5 Å². The van der Waals surface area contributed by atoms with E-state index in [1.54, 1.807) is 0 Å². The number of hydrogen-bond donors (Lipinski definition) is 0. The maximum Gasteiger partial charge on any atom is 0.176 e. The fourth-order valence-corrected chi connectivity index (χ4v) is 6.03. The molecule has 260 valence electrons. The SMILES string of the molecule is CCCC(CC)Oc1ccc(CC)cc1CCC(=O)c1c(OC(CC)CCC)ccc(OC(CC)CCC)c1OC(CC)CCC. The molecule has 0 aliphatic heterocycles. The lowest BCUT2D eigenvalue weighted by Crippen LogP contribution is -2.22. The summed E-state index contributed by atoms with van der Waals surface area (Å²) < 4.78 is 26.6. The summed E-state index contributed by atoms with van der Waals surface area (Å²) in [5, 5.41) is 0. The minimum atomic E-state index is -0.0104. The highest BCUT2D eigenvalue weighted by atomic mass is 16.5. The molecule has 0 saturated carbocycles. The van der Waals surface area contributed by atoms with Crippen LogP contribution in [0.3, 0.4) is 0 Å². The third-order valence-corrected chi connectivity index (χ3v) is 8.95. The normalized spacial score (nSPS) is 13.9. The highest BCUT2D eigenvalue weighted by Crippen LogP contribution is 2.42. The van der Waals surface area contributed by atoms with E-state index in [1.807, 2.05) is 12.1 Å². The molecule has 5 heteroatoms. The molecular formula is C41H66O5. The van der Waals surface area contributed by atoms with Crippen LogP contribution >= 0.6 is 0 Å². The molecule has 0 amide bonds. The average Bonchev–Trinajstić information content (AvgIpc) is 3.07. The van der Waals surface area contributed by atoms with Gasteiger partial charge in [0.05, 0.1) is 24.4 Å². The Morgan fingerprint density at radius 1 is 0.565 bits per heavy atom. The summed E-state index contributed by atoms with van der Waals surface area (Å²) in [5.41, 5.74) is 2.86. The summed E-state index contributed by atoms with van der Waals surface area (Å²) in [6.07, 6.45) is 13.6. The van der Waals surface area contributed by atoms with Crippen LogP contribution in [0.4, 0.5) is 0 Å². The van der Waals surface area contributed by atoms with Crippen molar-refractivity contribution in [3.8, 4) is 23.0 Å². The lowest BCUT2D eigenvalue weighted by Gasteiger charge is -2.27. The third-order valence-electron chi connectivity index (χ3n) is 8.95. The largest absolute Gasteiger partial charge is 0.490 e. The van der Waals surface area contributed by atoms with Crippen LogP contribution in [-0.4, -0.2) is 30.2 Å². The standard InChI is InChI=1S/C41H66O5/c1-10-19-32(15-6)43-37-26-23-30(14-5)29-31(37)24-25-36(42)40-38(44-33(16-7)20-11-2)27-28-39(45-34(17-8)21-12-3)41(40)46-35(18-9)22-13-4/h23,26-29,32-35H,10-22,24-25H2,1-9H3. The highest BCUT2D eigenvalue weighted by Gasteiger charge is 2.28. The quantitative estimate of drug-likeness (QED) is 0.101. The van der Waals surface area contributed by atoms with Crippen molar-refractivity contribution in [3.05, 3.63) is 47.0 Å². The second-order valence-electron chi connectivity index (χ2n) is 12.7. The zero-order valence-corrected chi connectivity index (χ0v) is 30.8. The molecule has 0 saturated heterocycles. The van der Waals surface area contributed by atoms with Crippen molar-refractivity contribution < 1.29 is 23.7 Å². The van der Waals surface area contributed by atoms with Crippen molar-refractivity contribution in [2.24, 2.45) is 0 Å². The molecule has 0 aromatic heterocycles. The van der Waals surface area contributed by atoms with Crippen LogP contribution in [0.15, 0.2) is 30.3 Å². The van der Waals surface area contributed by atoms with Gasteiger partial charge in [-0.25, -0.2) is 0 Å². The van der Waals surface area contributed by atoms with Gasteiger partial charge in [-0.1, -0.05) is 100 Å². The maximum absolute atomic E-state index is 14.5. The molecule has 0 fully saturated rings. The molecule has 4 unspecified atom stereocenters. The first-order valence-electron chi connectivity index (χ1n) is 18.8. The van der Waals surface area contributed by atoms with Crippen LogP contribution in [0.25, 0.3) is 0 Å². The number of hydrogen-bond acceptors (Lipinski definition) is 5. The molecular weight excluding hydrogens is 572 g/mol. The van der Waals surface area contributed by atoms with Crippen molar-refractivity contribution in [2.75, 3.05) is 0 Å². The molecule has 4 atom stereocenters. The molecule has 0 spiro atoms. The first kappa shape index (κ1) is 39.5. The molecule has 2 aromatic carbocycles. The minimum absolute atomic E-state index is 0.0104. The Morgan fingerprint density at radius 2 is 1.00 bits per heavy atom. The highest BCUT2D eigenvalue weighted by molar-refractivity contribution is 6.02. The van der Waals surface area contributed by atoms with Gasteiger partial charge in [-0.3, -0.25) is 4.79 Å². The molecule has 0 N–H and O–H groups in total. The van der Waals surface area contributed by atoms with E-state index in [0.29, 0.717) is 35.7 Å². The molecule has 0 heterocycles. The molecule has 0 aliphatic rings. The van der Waals surface area contributed by atoms with E-state index in [-0.39, 0.29) is 30.2 Å². The van der Waals surface area contributed by atoms with Gasteiger partial charge in [0.1, 0.15) is 17.1 Å². The van der Waals surface area contributed by atoms with Gasteiger partial charge in [0, 0.05) is 6.42 Å². The van der Waals surface area contributed by atoms with E-state index >= 15 is 0 Å². The predicted molar refractivity (Wildman–Crippen MR) is 193 cm³/mol. The van der Waals surface area contributed by atoms with E-state index in [1.165, 1.54) is 5.56 Å². The monoisotopic (exact) mass is 638 g/mol. The molecule has 5 nitrogen and oxygen atoms in total. The number of Topliss-reactive ketones (excluding diaryl/α,β-unsaturated/α-hetero) is 1. The van der Waals surface area contributed by atoms with Crippen molar-refractivity contribution in [3.63, 3.8) is 0 Å². The Bertz CT molecular complexity index is 1140. The van der Waals surface area contributed by atoms with Crippen molar-refractivity contribution in [1.82, 2.24) is 0 Å². The topological polar surface area (TPSA) is 54.0 Å². The van der Waals surface area contributed by atoms with Crippen LogP contribution in [0, 0.1) is 0 Å². The van der Waals surface area contributed by atoms with Gasteiger partial charge in [0.25, 0.3) is 0 Å². The van der Waals surface area contributed by atoms with Crippen LogP contribution in [0.5, 0.6) is 23.0 Å². The van der Waals surface area contributed by atoms with E-state index < -0.39 is 0 Å². The summed E-state index contributed by atoms with van der Waals surface area (Å²) in [5.74, 6) is 2.72. The zero-order chi connectivity index (χ0) is 33.9. The van der Waals surface area contributed by atoms with Crippen LogP contribution < -0.4 is 18.9 Å². The van der Waals surface area contributed by atoms with Gasteiger partial charge in [-0.15, -0.1) is 0 Å². The van der Waals surface area contributed by atoms with Crippen LogP contribution in [0.2, 0.25) is 0 Å². The minimum Gasteiger partial charge on any atom is -0.490 e. The Hall–Kier alpha value is -2.69. The second kappa shape index (κ2) is 22.0. The summed E-state index contributed by atoms with van der Waals surface area (Å²) in [6, 6.07) is 10.4. The number of aryl methyl sites for hydroxylation is 2. The Kier molecular flexibility index (Phi) is 18.9. The van der Waals surface area contributed by atoms with E-state index in [9.17, 15) is 4.79 Å². The van der Waals surface area contributed by atoms with E-state index in [0.717, 1.165) is 94.8 Å². The van der Waals surface area contributed by atoms with Gasteiger partial charge in [0.15, 0.2) is 17.3 Å². The van der Waals surface area contributed by atoms with Gasteiger partial charge in [-0.2, -0.15) is 0 Å². The molecule has 0 radical (unpaired) electrons. The third kappa shape index (κ3) is 12.2. The number of rotatable bonds is 25. The maximum atomic E-state index is 14.5. The van der Waals surface area contributed by atoms with Crippen molar-refractivity contribution in [1.29, 1.82) is 0 Å². The van der Waals surface area contributed by atoms with Crippen LogP contribution in [0.1, 0.15) is 167 Å². The van der Waals surface area contributed by atoms with E-state index in [4.69, 9.17) is 18.9 Å². The molecule has 0 aliphatic carbocycles. The molecule has 2 rings (SSSR count). The van der Waals surface area contributed by atoms with Gasteiger partial charge < -0.3 is 18.9 Å². The number of ketones is 1. The number of carbonyl (C=O) groups is 1. The Morgan fingerprint density at radius 3 is 1.48 bits per heavy atom. The van der Waals surface area contributed by atoms with Crippen molar-refractivity contribution in [2.45, 2.75) is 183 Å². The zero-order valence-electron chi connectivity index (χ0n) is 30.8. The second-order valence-corrected chi connectivity index (χ2v) is 12.7. The number of benzene rings is 2.